The van der Waals surface area contributed by atoms with Gasteiger partial charge in [0.05, 0.1) is 13.7 Å². The lowest BCUT2D eigenvalue weighted by atomic mass is 9.84. The number of likely N-dealkylation sites (N-methyl/N-ethyl adjacent to an activating group) is 1. The minimum Gasteiger partial charge on any atom is -0.450 e. The molecule has 0 spiro atoms. The van der Waals surface area contributed by atoms with Crippen LogP contribution in [0.1, 0.15) is 59.2 Å². The molecule has 0 saturated heterocycles. The molecule has 1 aromatic rings. The summed E-state index contributed by atoms with van der Waals surface area (Å²) in [5.74, 6) is -0.0728. The van der Waals surface area contributed by atoms with E-state index in [9.17, 15) is 14.4 Å². The Kier molecular flexibility index (Phi) is 11.2. The molecule has 35 heavy (non-hydrogen) atoms. The van der Waals surface area contributed by atoms with Crippen molar-refractivity contribution in [1.82, 2.24) is 15.3 Å². The van der Waals surface area contributed by atoms with Crippen LogP contribution >= 0.6 is 0 Å². The third-order valence-corrected chi connectivity index (χ3v) is 8.20. The van der Waals surface area contributed by atoms with E-state index in [4.69, 9.17) is 9.57 Å². The molecule has 0 aliphatic heterocycles. The number of benzene rings is 1. The first-order valence-electron chi connectivity index (χ1n) is 12.6. The Balaban J connectivity index is 2.07. The van der Waals surface area contributed by atoms with E-state index in [0.29, 0.717) is 30.2 Å². The topological polar surface area (TPSA) is 88.2 Å². The second-order valence-electron chi connectivity index (χ2n) is 10.8. The van der Waals surface area contributed by atoms with E-state index in [-0.39, 0.29) is 23.9 Å². The van der Waals surface area contributed by atoms with E-state index < -0.39 is 8.07 Å². The second-order valence-corrected chi connectivity index (χ2v) is 16.4. The molecule has 1 atom stereocenters. The van der Waals surface area contributed by atoms with Gasteiger partial charge in [-0.05, 0) is 36.6 Å². The van der Waals surface area contributed by atoms with Gasteiger partial charge in [-0.1, -0.05) is 57.8 Å². The molecule has 3 amide bonds. The first-order chi connectivity index (χ1) is 16.5. The summed E-state index contributed by atoms with van der Waals surface area (Å²) >= 11 is 0. The number of hydrogen-bond acceptors (Lipinski definition) is 5. The van der Waals surface area contributed by atoms with Crippen molar-refractivity contribution in [1.29, 1.82) is 0 Å². The lowest BCUT2D eigenvalue weighted by Gasteiger charge is -2.30. The van der Waals surface area contributed by atoms with Crippen LogP contribution < -0.4 is 5.32 Å². The number of hydroxylamine groups is 2. The van der Waals surface area contributed by atoms with Crippen molar-refractivity contribution in [3.63, 3.8) is 0 Å². The van der Waals surface area contributed by atoms with Crippen molar-refractivity contribution in [3.05, 3.63) is 35.4 Å². The van der Waals surface area contributed by atoms with Gasteiger partial charge in [-0.2, -0.15) is 0 Å². The summed E-state index contributed by atoms with van der Waals surface area (Å²) in [5, 5.41) is 4.24. The van der Waals surface area contributed by atoms with Crippen molar-refractivity contribution in [3.8, 4) is 0 Å². The molecule has 1 aromatic carbocycles. The van der Waals surface area contributed by atoms with E-state index in [1.54, 1.807) is 36.2 Å². The van der Waals surface area contributed by atoms with Gasteiger partial charge in [0.1, 0.15) is 0 Å². The van der Waals surface area contributed by atoms with Crippen LogP contribution in [0.5, 0.6) is 0 Å². The fourth-order valence-electron chi connectivity index (χ4n) is 4.29. The Bertz CT molecular complexity index is 852. The maximum Gasteiger partial charge on any atom is 0.409 e. The highest BCUT2D eigenvalue weighted by molar-refractivity contribution is 6.76. The number of carbonyl (C=O) groups is 3. The molecule has 2 rings (SSSR count). The van der Waals surface area contributed by atoms with E-state index >= 15 is 0 Å². The van der Waals surface area contributed by atoms with Crippen molar-refractivity contribution >= 4 is 26.0 Å². The summed E-state index contributed by atoms with van der Waals surface area (Å²) in [6.45, 7) is 7.54. The summed E-state index contributed by atoms with van der Waals surface area (Å²) in [7, 11) is 3.36. The molecule has 1 aliphatic carbocycles. The molecule has 0 aromatic heterocycles. The SMILES string of the molecule is CON(C)C(=O)c1cccc(C(=O)NC(CC2CCCCC2)CN(C)C(=O)OCC[Si](C)(C)C)c1. The Morgan fingerprint density at radius 2 is 1.74 bits per heavy atom. The molecular formula is C26H43N3O5Si. The number of nitrogens with one attached hydrogen (secondary N) is 1. The quantitative estimate of drug-likeness (QED) is 0.345. The summed E-state index contributed by atoms with van der Waals surface area (Å²) in [5.41, 5.74) is 0.767. The predicted octanol–water partition coefficient (Wildman–Crippen LogP) is 4.80. The Hall–Kier alpha value is -2.39. The molecule has 1 fully saturated rings. The average Bonchev–Trinajstić information content (AvgIpc) is 2.82. The maximum absolute atomic E-state index is 13.1. The van der Waals surface area contributed by atoms with Gasteiger partial charge >= 0.3 is 6.09 Å². The molecule has 1 unspecified atom stereocenters. The Morgan fingerprint density at radius 3 is 2.37 bits per heavy atom. The van der Waals surface area contributed by atoms with E-state index in [1.807, 2.05) is 0 Å². The summed E-state index contributed by atoms with van der Waals surface area (Å²) < 4.78 is 5.49. The zero-order valence-electron chi connectivity index (χ0n) is 22.3. The normalized spacial score (nSPS) is 15.3. The van der Waals surface area contributed by atoms with Crippen LogP contribution in [0, 0.1) is 5.92 Å². The van der Waals surface area contributed by atoms with Crippen LogP contribution in [0.15, 0.2) is 24.3 Å². The number of carbonyl (C=O) groups excluding carboxylic acids is 3. The van der Waals surface area contributed by atoms with Crippen LogP contribution in [-0.4, -0.2) is 76.3 Å². The van der Waals surface area contributed by atoms with Gasteiger partial charge in [0.25, 0.3) is 11.8 Å². The van der Waals surface area contributed by atoms with Crippen molar-refractivity contribution in [2.24, 2.45) is 5.92 Å². The molecule has 9 heteroatoms. The zero-order chi connectivity index (χ0) is 26.0. The Labute approximate surface area is 211 Å². The molecule has 8 nitrogen and oxygen atoms in total. The molecule has 0 radical (unpaired) electrons. The lowest BCUT2D eigenvalue weighted by Crippen LogP contribution is -2.45. The first-order valence-corrected chi connectivity index (χ1v) is 16.3. The van der Waals surface area contributed by atoms with Crippen LogP contribution in [0.25, 0.3) is 0 Å². The van der Waals surface area contributed by atoms with E-state index in [2.05, 4.69) is 25.0 Å². The first kappa shape index (κ1) is 28.8. The highest BCUT2D eigenvalue weighted by Crippen LogP contribution is 2.27. The molecule has 1 aliphatic rings. The van der Waals surface area contributed by atoms with Gasteiger partial charge in [0.2, 0.25) is 0 Å². The molecule has 1 saturated carbocycles. The fourth-order valence-corrected chi connectivity index (χ4v) is 5.01. The van der Waals surface area contributed by atoms with Gasteiger partial charge < -0.3 is 15.0 Å². The summed E-state index contributed by atoms with van der Waals surface area (Å²) in [6, 6.07) is 7.30. The van der Waals surface area contributed by atoms with Gasteiger partial charge in [0.15, 0.2) is 0 Å². The predicted molar refractivity (Wildman–Crippen MR) is 140 cm³/mol. The van der Waals surface area contributed by atoms with Crippen LogP contribution in [0.3, 0.4) is 0 Å². The third kappa shape index (κ3) is 10.0. The molecule has 0 heterocycles. The molecular weight excluding hydrogens is 462 g/mol. The number of nitrogens with zero attached hydrogens (tertiary/aromatic N) is 2. The molecule has 0 bridgehead atoms. The van der Waals surface area contributed by atoms with Crippen LogP contribution in [0.2, 0.25) is 25.7 Å². The van der Waals surface area contributed by atoms with E-state index in [0.717, 1.165) is 30.4 Å². The minimum absolute atomic E-state index is 0.207. The largest absolute Gasteiger partial charge is 0.450 e. The highest BCUT2D eigenvalue weighted by Gasteiger charge is 2.25. The minimum atomic E-state index is -1.29. The monoisotopic (exact) mass is 505 g/mol. The smallest absolute Gasteiger partial charge is 0.409 e. The molecule has 1 N–H and O–H groups in total. The average molecular weight is 506 g/mol. The van der Waals surface area contributed by atoms with Crippen molar-refractivity contribution in [2.75, 3.05) is 34.4 Å². The summed E-state index contributed by atoms with van der Waals surface area (Å²) in [6.07, 6.45) is 6.40. The summed E-state index contributed by atoms with van der Waals surface area (Å²) in [4.78, 5) is 44.7. The standard InChI is InChI=1S/C26H43N3O5Si/c1-28(26(32)34-15-16-35(4,5)6)19-23(17-20-11-8-7-9-12-20)27-24(30)21-13-10-14-22(18-21)25(31)29(2)33-3/h10,13-14,18,20,23H,7-9,11-12,15-17,19H2,1-6H3,(H,27,30). The lowest BCUT2D eigenvalue weighted by molar-refractivity contribution is -0.0757. The third-order valence-electron chi connectivity index (χ3n) is 6.49. The van der Waals surface area contributed by atoms with Gasteiger partial charge in [0, 0.05) is 45.9 Å². The maximum atomic E-state index is 13.1. The number of rotatable bonds is 11. The van der Waals surface area contributed by atoms with Crippen LogP contribution in [0.4, 0.5) is 4.79 Å². The number of amides is 3. The van der Waals surface area contributed by atoms with Crippen molar-refractivity contribution in [2.45, 2.75) is 70.3 Å². The Morgan fingerprint density at radius 1 is 1.09 bits per heavy atom. The highest BCUT2D eigenvalue weighted by atomic mass is 28.3. The zero-order valence-corrected chi connectivity index (χ0v) is 23.3. The second kappa shape index (κ2) is 13.6. The van der Waals surface area contributed by atoms with E-state index in [1.165, 1.54) is 33.4 Å². The van der Waals surface area contributed by atoms with Gasteiger partial charge in [-0.25, -0.2) is 9.86 Å². The number of hydrogen-bond donors (Lipinski definition) is 1. The fraction of sp³-hybridized carbons (Fsp3) is 0.654. The van der Waals surface area contributed by atoms with Crippen LogP contribution in [-0.2, 0) is 9.57 Å². The molecule has 196 valence electrons. The van der Waals surface area contributed by atoms with Crippen molar-refractivity contribution < 1.29 is 24.0 Å². The van der Waals surface area contributed by atoms with Gasteiger partial charge in [-0.3, -0.25) is 14.4 Å². The number of ether oxygens (including phenoxy) is 1. The van der Waals surface area contributed by atoms with Gasteiger partial charge in [-0.15, -0.1) is 0 Å².